The van der Waals surface area contributed by atoms with E-state index in [-0.39, 0.29) is 11.3 Å². The molecule has 1 fully saturated rings. The van der Waals surface area contributed by atoms with E-state index in [9.17, 15) is 33.3 Å². The van der Waals surface area contributed by atoms with Crippen molar-refractivity contribution in [3.8, 4) is 0 Å². The van der Waals surface area contributed by atoms with E-state index in [0.717, 1.165) is 24.4 Å². The summed E-state index contributed by atoms with van der Waals surface area (Å²) >= 11 is 0.933. The van der Waals surface area contributed by atoms with E-state index in [2.05, 4.69) is 5.32 Å². The minimum Gasteiger partial charge on any atom is -0.466 e. The van der Waals surface area contributed by atoms with Crippen LogP contribution in [-0.2, 0) is 28.9 Å². The Kier molecular flexibility index (Phi) is 9.37. The molecule has 1 heterocycles. The fourth-order valence-corrected chi connectivity index (χ4v) is 6.76. The van der Waals surface area contributed by atoms with Crippen LogP contribution in [0, 0.1) is 6.92 Å². The van der Waals surface area contributed by atoms with Gasteiger partial charge in [0.15, 0.2) is 9.84 Å². The average molecular weight is 554 g/mol. The van der Waals surface area contributed by atoms with Gasteiger partial charge in [-0.15, -0.1) is 0 Å². The number of carbonyl (C=O) groups is 2. The number of methoxy groups -OCH3 is 1. The fraction of sp³-hybridized carbons (Fsp3) is 0.440. The maximum Gasteiger partial charge on any atom is 0.349 e. The minimum absolute atomic E-state index is 0.0455. The Labute approximate surface area is 219 Å². The largest absolute Gasteiger partial charge is 0.466 e. The van der Waals surface area contributed by atoms with Crippen molar-refractivity contribution >= 4 is 33.5 Å². The van der Waals surface area contributed by atoms with Crippen LogP contribution < -0.4 is 5.32 Å². The zero-order valence-electron chi connectivity index (χ0n) is 20.6. The first-order valence-corrected chi connectivity index (χ1v) is 14.0. The summed E-state index contributed by atoms with van der Waals surface area (Å²) in [5, 5.41) is 35.3. The number of aliphatic hydroxyl groups is 3. The molecular weight excluding hydrogens is 522 g/mol. The molecule has 1 amide bonds. The molecule has 12 heteroatoms. The molecule has 0 radical (unpaired) electrons. The molecule has 2 aromatic rings. The molecule has 6 atom stereocenters. The van der Waals surface area contributed by atoms with Crippen LogP contribution in [0.1, 0.15) is 18.9 Å². The van der Waals surface area contributed by atoms with E-state index < -0.39 is 62.9 Å². The number of sulfone groups is 1. The molecule has 1 aliphatic heterocycles. The van der Waals surface area contributed by atoms with Gasteiger partial charge in [-0.1, -0.05) is 47.7 Å². The van der Waals surface area contributed by atoms with Crippen molar-refractivity contribution in [3.05, 3.63) is 60.2 Å². The van der Waals surface area contributed by atoms with Crippen LogP contribution in [0.2, 0.25) is 0 Å². The topological polar surface area (TPSA) is 159 Å². The summed E-state index contributed by atoms with van der Waals surface area (Å²) in [5.74, 6) is -2.29. The highest BCUT2D eigenvalue weighted by Crippen LogP contribution is 2.44. The first-order chi connectivity index (χ1) is 17.4. The fourth-order valence-electron chi connectivity index (χ4n) is 4.12. The molecule has 10 nitrogen and oxygen atoms in total. The van der Waals surface area contributed by atoms with Crippen molar-refractivity contribution in [2.75, 3.05) is 12.9 Å². The van der Waals surface area contributed by atoms with Crippen LogP contribution in [0.3, 0.4) is 0 Å². The van der Waals surface area contributed by atoms with E-state index in [1.165, 1.54) is 19.1 Å². The van der Waals surface area contributed by atoms with Crippen molar-refractivity contribution in [2.45, 2.75) is 65.5 Å². The number of ether oxygens (including phenoxy) is 2. The lowest BCUT2D eigenvalue weighted by atomic mass is 9.90. The summed E-state index contributed by atoms with van der Waals surface area (Å²) in [6.45, 7) is 2.99. The lowest BCUT2D eigenvalue weighted by Gasteiger charge is -2.47. The summed E-state index contributed by atoms with van der Waals surface area (Å²) in [6, 6.07) is 13.4. The molecule has 202 valence electrons. The highest BCUT2D eigenvalue weighted by atomic mass is 32.2. The Hall–Kier alpha value is -2.48. The number of aryl methyl sites for hydroxylation is 1. The zero-order valence-corrected chi connectivity index (χ0v) is 22.2. The van der Waals surface area contributed by atoms with Crippen molar-refractivity contribution < 1.29 is 42.8 Å². The summed E-state index contributed by atoms with van der Waals surface area (Å²) in [6.07, 6.45) is -7.08. The predicted octanol–water partition coefficient (Wildman–Crippen LogP) is 0.807. The number of aliphatic hydroxyl groups excluding tert-OH is 3. The van der Waals surface area contributed by atoms with Gasteiger partial charge >= 0.3 is 5.97 Å². The molecule has 1 saturated heterocycles. The summed E-state index contributed by atoms with van der Waals surface area (Å²) < 4.78 is 36.7. The third-order valence-electron chi connectivity index (χ3n) is 5.97. The number of benzene rings is 2. The number of nitrogens with one attached hydrogen (secondary N) is 1. The van der Waals surface area contributed by atoms with E-state index in [4.69, 9.17) is 9.47 Å². The third kappa shape index (κ3) is 6.89. The lowest BCUT2D eigenvalue weighted by Crippen LogP contribution is -2.66. The molecule has 1 aliphatic rings. The van der Waals surface area contributed by atoms with Gasteiger partial charge in [0.25, 0.3) is 0 Å². The van der Waals surface area contributed by atoms with Gasteiger partial charge in [-0.05, 0) is 31.2 Å². The highest BCUT2D eigenvalue weighted by molar-refractivity contribution is 8.01. The van der Waals surface area contributed by atoms with Crippen LogP contribution in [0.5, 0.6) is 0 Å². The molecule has 0 bridgehead atoms. The van der Waals surface area contributed by atoms with Crippen LogP contribution in [0.4, 0.5) is 0 Å². The normalized spacial score (nSPS) is 25.6. The molecule has 37 heavy (non-hydrogen) atoms. The quantitative estimate of drug-likeness (QED) is 0.327. The molecular formula is C25H31NO9S2. The van der Waals surface area contributed by atoms with Gasteiger partial charge in [0, 0.05) is 18.2 Å². The molecule has 0 aliphatic carbocycles. The third-order valence-corrected chi connectivity index (χ3v) is 9.00. The number of carbonyl (C=O) groups excluding carboxylic acids is 2. The lowest BCUT2D eigenvalue weighted by molar-refractivity contribution is -0.203. The second-order valence-electron chi connectivity index (χ2n) is 8.89. The van der Waals surface area contributed by atoms with E-state index in [0.29, 0.717) is 4.90 Å². The van der Waals surface area contributed by atoms with Gasteiger partial charge in [-0.2, -0.15) is 0 Å². The van der Waals surface area contributed by atoms with Crippen LogP contribution in [0.15, 0.2) is 64.4 Å². The standard InChI is InChI=1S/C25H31NO9S2/c1-15-9-11-18(12-10-15)37(32,33)14-20(29)22(30)23-21(26-16(2)27)19(28)13-25(35-23,24(31)34-3)36-17-7-5-4-6-8-17/h4-12,19-23,28-30H,13-14H2,1-3H3,(H,26,27)/t19-,20+,21+,22+,23+,25+/m0/s1. The Bertz CT molecular complexity index is 1190. The monoisotopic (exact) mass is 553 g/mol. The minimum atomic E-state index is -4.02. The molecule has 3 rings (SSSR count). The Morgan fingerprint density at radius 1 is 1.16 bits per heavy atom. The second kappa shape index (κ2) is 11.9. The van der Waals surface area contributed by atoms with Crippen LogP contribution in [0.25, 0.3) is 0 Å². The maximum absolute atomic E-state index is 12.9. The number of esters is 1. The van der Waals surface area contributed by atoms with Gasteiger partial charge in [-0.3, -0.25) is 4.79 Å². The maximum atomic E-state index is 12.9. The Balaban J connectivity index is 1.94. The Morgan fingerprint density at radius 3 is 2.35 bits per heavy atom. The predicted molar refractivity (Wildman–Crippen MR) is 135 cm³/mol. The van der Waals surface area contributed by atoms with Crippen molar-refractivity contribution in [1.82, 2.24) is 5.32 Å². The van der Waals surface area contributed by atoms with Crippen molar-refractivity contribution in [1.29, 1.82) is 0 Å². The first kappa shape index (κ1) is 29.1. The smallest absolute Gasteiger partial charge is 0.349 e. The number of hydrogen-bond donors (Lipinski definition) is 4. The molecule has 2 aromatic carbocycles. The van der Waals surface area contributed by atoms with E-state index >= 15 is 0 Å². The number of thioether (sulfide) groups is 1. The molecule has 0 aromatic heterocycles. The summed E-state index contributed by atoms with van der Waals surface area (Å²) in [5.41, 5.74) is 0.845. The van der Waals surface area contributed by atoms with Gasteiger partial charge in [0.2, 0.25) is 10.8 Å². The molecule has 0 saturated carbocycles. The summed E-state index contributed by atoms with van der Waals surface area (Å²) in [4.78, 5) is 23.5. The SMILES string of the molecule is COC(=O)[C@]1(Sc2ccccc2)C[C@H](O)[C@@H](NC(C)=O)[C@H]([C@H](O)[C@H](O)CS(=O)(=O)c2ccc(C)cc2)O1. The number of amides is 1. The second-order valence-corrected chi connectivity index (χ2v) is 12.3. The Morgan fingerprint density at radius 2 is 1.78 bits per heavy atom. The van der Waals surface area contributed by atoms with Crippen molar-refractivity contribution in [3.63, 3.8) is 0 Å². The van der Waals surface area contributed by atoms with E-state index in [1.54, 1.807) is 49.4 Å². The first-order valence-electron chi connectivity index (χ1n) is 11.5. The average Bonchev–Trinajstić information content (AvgIpc) is 2.85. The van der Waals surface area contributed by atoms with Gasteiger partial charge < -0.3 is 30.1 Å². The van der Waals surface area contributed by atoms with Gasteiger partial charge in [0.1, 0.15) is 12.2 Å². The van der Waals surface area contributed by atoms with Crippen LogP contribution >= 0.6 is 11.8 Å². The van der Waals surface area contributed by atoms with Gasteiger partial charge in [-0.25, -0.2) is 13.2 Å². The number of rotatable bonds is 9. The number of hydrogen-bond acceptors (Lipinski definition) is 10. The van der Waals surface area contributed by atoms with Crippen LogP contribution in [-0.4, -0.2) is 83.9 Å². The van der Waals surface area contributed by atoms with Crippen molar-refractivity contribution in [2.24, 2.45) is 0 Å². The van der Waals surface area contributed by atoms with E-state index in [1.807, 2.05) is 0 Å². The zero-order chi connectivity index (χ0) is 27.4. The molecule has 0 spiro atoms. The highest BCUT2D eigenvalue weighted by Gasteiger charge is 2.56. The molecule has 4 N–H and O–H groups in total. The summed E-state index contributed by atoms with van der Waals surface area (Å²) in [7, 11) is -2.89. The molecule has 0 unspecified atom stereocenters. The van der Waals surface area contributed by atoms with Gasteiger partial charge in [0.05, 0.1) is 36.0 Å².